The van der Waals surface area contributed by atoms with Crippen LogP contribution in [0, 0.1) is 0 Å². The summed E-state index contributed by atoms with van der Waals surface area (Å²) in [5.41, 5.74) is 7.39. The second kappa shape index (κ2) is 15.6. The van der Waals surface area contributed by atoms with Crippen LogP contribution in [0.15, 0.2) is 84.9 Å². The van der Waals surface area contributed by atoms with Crippen molar-refractivity contribution in [2.24, 2.45) is 0 Å². The maximum absolute atomic E-state index is 11.5. The van der Waals surface area contributed by atoms with Gasteiger partial charge in [0.15, 0.2) is 17.7 Å². The summed E-state index contributed by atoms with van der Waals surface area (Å²) in [4.78, 5) is 10.1. The number of aliphatic hydroxyl groups is 1. The van der Waals surface area contributed by atoms with Gasteiger partial charge in [0.2, 0.25) is 6.29 Å². The van der Waals surface area contributed by atoms with Crippen LogP contribution in [-0.2, 0) is 27.2 Å². The summed E-state index contributed by atoms with van der Waals surface area (Å²) >= 11 is 0. The minimum absolute atomic E-state index is 0.299. The van der Waals surface area contributed by atoms with Gasteiger partial charge in [-0.2, -0.15) is 4.68 Å². The third kappa shape index (κ3) is 7.16. The zero-order valence-electron chi connectivity index (χ0n) is 28.7. The fourth-order valence-corrected chi connectivity index (χ4v) is 6.19. The largest absolute Gasteiger partial charge is 0.384 e. The standard InChI is InChI=1S/C38H43N7O4/c1-6-8-18-33-39-32-23-31(35(46)28-14-10-9-11-15-28)34(38(47-4)48-5)40-37(32)44(33)24-26-19-21-27(22-20-26)29-16-12-13-17-30(29)36-41-42-43-45(36)25(3)49-7-2/h9-17,19-23,25,35,38,46H,6-8,18,24H2,1-5H3. The average Bonchev–Trinajstić information content (AvgIpc) is 3.76. The van der Waals surface area contributed by atoms with Crippen LogP contribution >= 0.6 is 0 Å². The van der Waals surface area contributed by atoms with Crippen LogP contribution in [0.1, 0.15) is 80.4 Å². The fraction of sp³-hybridized carbons (Fsp3) is 0.342. The van der Waals surface area contributed by atoms with Gasteiger partial charge >= 0.3 is 0 Å². The number of unbranched alkanes of at least 4 members (excludes halogenated alkanes) is 1. The molecule has 2 atom stereocenters. The predicted molar refractivity (Wildman–Crippen MR) is 188 cm³/mol. The van der Waals surface area contributed by atoms with Gasteiger partial charge in [0, 0.05) is 38.4 Å². The maximum atomic E-state index is 11.5. The number of hydrogen-bond acceptors (Lipinski definition) is 9. The first-order valence-electron chi connectivity index (χ1n) is 16.7. The van der Waals surface area contributed by atoms with Crippen molar-refractivity contribution in [3.63, 3.8) is 0 Å². The Hall–Kier alpha value is -4.81. The van der Waals surface area contributed by atoms with E-state index in [0.717, 1.165) is 58.4 Å². The molecule has 0 fully saturated rings. The van der Waals surface area contributed by atoms with E-state index in [1.54, 1.807) is 18.9 Å². The van der Waals surface area contributed by atoms with Crippen LogP contribution in [0.25, 0.3) is 33.7 Å². The number of methoxy groups -OCH3 is 2. The first kappa shape index (κ1) is 34.1. The number of hydrogen-bond donors (Lipinski definition) is 1. The maximum Gasteiger partial charge on any atom is 0.201 e. The summed E-state index contributed by atoms with van der Waals surface area (Å²) < 4.78 is 21.0. The van der Waals surface area contributed by atoms with Crippen LogP contribution in [0.5, 0.6) is 0 Å². The molecule has 0 saturated carbocycles. The minimum Gasteiger partial charge on any atom is -0.384 e. The number of aromatic nitrogens is 7. The van der Waals surface area contributed by atoms with Gasteiger partial charge in [0.1, 0.15) is 23.1 Å². The number of imidazole rings is 1. The van der Waals surface area contributed by atoms with E-state index in [0.29, 0.717) is 35.9 Å². The molecule has 1 N–H and O–H groups in total. The molecule has 0 radical (unpaired) electrons. The lowest BCUT2D eigenvalue weighted by atomic mass is 9.98. The first-order valence-corrected chi connectivity index (χ1v) is 16.7. The van der Waals surface area contributed by atoms with E-state index >= 15 is 0 Å². The van der Waals surface area contributed by atoms with E-state index < -0.39 is 12.4 Å². The van der Waals surface area contributed by atoms with Crippen molar-refractivity contribution in [3.8, 4) is 22.5 Å². The number of benzene rings is 3. The van der Waals surface area contributed by atoms with E-state index in [4.69, 9.17) is 24.2 Å². The first-order chi connectivity index (χ1) is 24.0. The molecule has 3 heterocycles. The summed E-state index contributed by atoms with van der Waals surface area (Å²) in [6, 6.07) is 28.1. The van der Waals surface area contributed by atoms with Gasteiger partial charge in [0.05, 0.1) is 6.54 Å². The smallest absolute Gasteiger partial charge is 0.201 e. The molecule has 0 bridgehead atoms. The van der Waals surface area contributed by atoms with E-state index in [2.05, 4.69) is 57.3 Å². The molecule has 254 valence electrons. The van der Waals surface area contributed by atoms with Gasteiger partial charge < -0.3 is 23.9 Å². The van der Waals surface area contributed by atoms with Crippen molar-refractivity contribution < 1.29 is 19.3 Å². The highest BCUT2D eigenvalue weighted by Crippen LogP contribution is 2.34. The van der Waals surface area contributed by atoms with Crippen molar-refractivity contribution in [3.05, 3.63) is 113 Å². The Morgan fingerprint density at radius 2 is 1.57 bits per heavy atom. The monoisotopic (exact) mass is 661 g/mol. The fourth-order valence-electron chi connectivity index (χ4n) is 6.19. The number of aryl methyl sites for hydroxylation is 1. The van der Waals surface area contributed by atoms with Crippen molar-refractivity contribution in [1.29, 1.82) is 0 Å². The van der Waals surface area contributed by atoms with Crippen molar-refractivity contribution >= 4 is 11.2 Å². The second-order valence-electron chi connectivity index (χ2n) is 11.9. The van der Waals surface area contributed by atoms with Crippen LogP contribution in [0.3, 0.4) is 0 Å². The molecule has 2 unspecified atom stereocenters. The van der Waals surface area contributed by atoms with Crippen molar-refractivity contribution in [1.82, 2.24) is 34.7 Å². The van der Waals surface area contributed by atoms with Crippen molar-refractivity contribution in [2.75, 3.05) is 20.8 Å². The van der Waals surface area contributed by atoms with Gasteiger partial charge in [-0.1, -0.05) is 92.2 Å². The topological polar surface area (TPSA) is 122 Å². The van der Waals surface area contributed by atoms with Crippen LogP contribution in [0.2, 0.25) is 0 Å². The van der Waals surface area contributed by atoms with E-state index in [-0.39, 0.29) is 6.23 Å². The molecule has 3 aromatic carbocycles. The molecule has 0 amide bonds. The SMILES string of the molecule is CCCCc1nc2cc(C(O)c3ccccc3)c(C(OC)OC)nc2n1Cc1ccc(-c2ccccc2-c2nnnn2C(C)OCC)cc1. The summed E-state index contributed by atoms with van der Waals surface area (Å²) in [6.07, 6.45) is 0.843. The zero-order chi connectivity index (χ0) is 34.3. The Bertz CT molecular complexity index is 1970. The van der Waals surface area contributed by atoms with E-state index in [1.807, 2.05) is 68.4 Å². The third-order valence-electron chi connectivity index (χ3n) is 8.69. The Morgan fingerprint density at radius 3 is 2.27 bits per heavy atom. The van der Waals surface area contributed by atoms with E-state index in [9.17, 15) is 5.11 Å². The number of fused-ring (bicyclic) bond motifs is 1. The molecule has 11 nitrogen and oxygen atoms in total. The second-order valence-corrected chi connectivity index (χ2v) is 11.9. The number of rotatable bonds is 15. The van der Waals surface area contributed by atoms with Gasteiger partial charge in [0.25, 0.3) is 0 Å². The lowest BCUT2D eigenvalue weighted by Crippen LogP contribution is -2.14. The number of ether oxygens (including phenoxy) is 3. The minimum atomic E-state index is -0.924. The normalized spacial score (nSPS) is 13.0. The molecule has 49 heavy (non-hydrogen) atoms. The number of aliphatic hydroxyl groups excluding tert-OH is 1. The molecule has 3 aromatic heterocycles. The highest BCUT2D eigenvalue weighted by Gasteiger charge is 2.26. The Kier molecular flexibility index (Phi) is 10.8. The molecular weight excluding hydrogens is 618 g/mol. The van der Waals surface area contributed by atoms with Crippen molar-refractivity contribution in [2.45, 2.75) is 65.2 Å². The average molecular weight is 662 g/mol. The van der Waals surface area contributed by atoms with Crippen LogP contribution < -0.4 is 0 Å². The molecule has 0 aliphatic carbocycles. The number of nitrogens with zero attached hydrogens (tertiary/aromatic N) is 7. The molecule has 0 saturated heterocycles. The lowest BCUT2D eigenvalue weighted by Gasteiger charge is -2.20. The third-order valence-corrected chi connectivity index (χ3v) is 8.69. The molecule has 0 aliphatic rings. The van der Waals surface area contributed by atoms with Gasteiger partial charge in [-0.15, -0.1) is 5.10 Å². The van der Waals surface area contributed by atoms with Gasteiger partial charge in [-0.05, 0) is 59.0 Å². The molecular formula is C38H43N7O4. The molecule has 0 spiro atoms. The summed E-state index contributed by atoms with van der Waals surface area (Å²) in [5.74, 6) is 1.59. The highest BCUT2D eigenvalue weighted by molar-refractivity contribution is 5.80. The summed E-state index contributed by atoms with van der Waals surface area (Å²) in [7, 11) is 3.14. The molecule has 0 aliphatic heterocycles. The Morgan fingerprint density at radius 1 is 0.857 bits per heavy atom. The number of pyridine rings is 1. The highest BCUT2D eigenvalue weighted by atomic mass is 16.7. The lowest BCUT2D eigenvalue weighted by molar-refractivity contribution is -0.109. The van der Waals surface area contributed by atoms with E-state index in [1.165, 1.54) is 0 Å². The molecule has 6 aromatic rings. The summed E-state index contributed by atoms with van der Waals surface area (Å²) in [5, 5.41) is 24.0. The van der Waals surface area contributed by atoms with Crippen LogP contribution in [0.4, 0.5) is 0 Å². The predicted octanol–water partition coefficient (Wildman–Crippen LogP) is 7.07. The zero-order valence-corrected chi connectivity index (χ0v) is 28.7. The molecule has 11 heteroatoms. The van der Waals surface area contributed by atoms with Gasteiger partial charge in [-0.25, -0.2) is 9.97 Å². The molecule has 6 rings (SSSR count). The number of tetrazole rings is 1. The quantitative estimate of drug-likeness (QED) is 0.115. The van der Waals surface area contributed by atoms with Gasteiger partial charge in [-0.3, -0.25) is 0 Å². The Labute approximate surface area is 286 Å². The Balaban J connectivity index is 1.38. The van der Waals surface area contributed by atoms with Crippen LogP contribution in [-0.4, -0.2) is 60.7 Å². The summed E-state index contributed by atoms with van der Waals surface area (Å²) in [6.45, 7) is 7.19.